The van der Waals surface area contributed by atoms with Crippen LogP contribution >= 0.6 is 0 Å². The summed E-state index contributed by atoms with van der Waals surface area (Å²) in [6, 6.07) is 0. The van der Waals surface area contributed by atoms with Crippen LogP contribution in [0.15, 0.2) is 5.16 Å². The van der Waals surface area contributed by atoms with Crippen LogP contribution in [0.2, 0.25) is 0 Å². The molecular formula is C10H16N4O3. The van der Waals surface area contributed by atoms with Gasteiger partial charge in [-0.05, 0) is 13.8 Å². The van der Waals surface area contributed by atoms with Crippen molar-refractivity contribution in [2.75, 3.05) is 0 Å². The molecule has 0 unspecified atom stereocenters. The molecule has 0 aromatic carbocycles. The van der Waals surface area contributed by atoms with Gasteiger partial charge in [0.2, 0.25) is 17.6 Å². The molecule has 0 radical (unpaired) electrons. The topological polar surface area (TPSA) is 96.7 Å². The van der Waals surface area contributed by atoms with Crippen LogP contribution in [0.5, 0.6) is 0 Å². The van der Waals surface area contributed by atoms with Crippen molar-refractivity contribution in [3.8, 4) is 0 Å². The van der Waals surface area contributed by atoms with Crippen molar-refractivity contribution in [2.24, 2.45) is 5.16 Å². The molecule has 1 heterocycles. The van der Waals surface area contributed by atoms with Crippen LogP contribution in [-0.4, -0.2) is 42.8 Å². The molecule has 2 N–H and O–H groups in total. The first-order valence-electron chi connectivity index (χ1n) is 5.04. The van der Waals surface area contributed by atoms with E-state index in [1.54, 1.807) is 27.7 Å². The number of oxime groups is 1. The van der Waals surface area contributed by atoms with Gasteiger partial charge in [0.25, 0.3) is 0 Å². The van der Waals surface area contributed by atoms with E-state index in [1.165, 1.54) is 0 Å². The van der Waals surface area contributed by atoms with E-state index >= 15 is 0 Å². The fourth-order valence-corrected chi connectivity index (χ4v) is 1.18. The van der Waals surface area contributed by atoms with Crippen LogP contribution in [0.4, 0.5) is 0 Å². The lowest BCUT2D eigenvalue weighted by atomic mass is 10.1. The molecule has 1 aromatic rings. The average Bonchev–Trinajstić information content (AvgIpc) is 2.46. The third kappa shape index (κ3) is 2.55. The monoisotopic (exact) mass is 240 g/mol. The minimum Gasteiger partial charge on any atom is -0.623 e. The lowest BCUT2D eigenvalue weighted by molar-refractivity contribution is -0.511. The van der Waals surface area contributed by atoms with Gasteiger partial charge in [-0.25, -0.2) is 4.98 Å². The summed E-state index contributed by atoms with van der Waals surface area (Å²) < 4.78 is 1.40. The van der Waals surface area contributed by atoms with Crippen LogP contribution in [0.3, 0.4) is 0 Å². The third-order valence-corrected chi connectivity index (χ3v) is 2.51. The van der Waals surface area contributed by atoms with Gasteiger partial charge in [-0.2, -0.15) is 9.47 Å². The van der Waals surface area contributed by atoms with E-state index in [-0.39, 0.29) is 5.82 Å². The zero-order chi connectivity index (χ0) is 13.2. The minimum absolute atomic E-state index is 0.134. The fraction of sp³-hybridized carbons (Fsp3) is 0.500. The van der Waals surface area contributed by atoms with Gasteiger partial charge in [-0.3, -0.25) is 0 Å². The molecule has 0 bridgehead atoms. The molecular weight excluding hydrogens is 224 g/mol. The molecule has 17 heavy (non-hydrogen) atoms. The van der Waals surface area contributed by atoms with Gasteiger partial charge < -0.3 is 15.6 Å². The van der Waals surface area contributed by atoms with E-state index in [0.717, 1.165) is 17.2 Å². The summed E-state index contributed by atoms with van der Waals surface area (Å²) in [7, 11) is 0. The Morgan fingerprint density at radius 2 is 2.06 bits per heavy atom. The van der Waals surface area contributed by atoms with E-state index < -0.39 is 5.54 Å². The molecule has 7 heteroatoms. The van der Waals surface area contributed by atoms with E-state index in [2.05, 4.69) is 10.1 Å². The summed E-state index contributed by atoms with van der Waals surface area (Å²) in [4.78, 5) is 4.03. The zero-order valence-electron chi connectivity index (χ0n) is 10.2. The normalized spacial score (nSPS) is 13.5. The van der Waals surface area contributed by atoms with Crippen molar-refractivity contribution in [1.82, 2.24) is 9.71 Å². The quantitative estimate of drug-likeness (QED) is 0.205. The van der Waals surface area contributed by atoms with E-state index in [9.17, 15) is 10.4 Å². The van der Waals surface area contributed by atoms with Gasteiger partial charge in [0.15, 0.2) is 0 Å². The first kappa shape index (κ1) is 13.0. The van der Waals surface area contributed by atoms with E-state index in [0.29, 0.717) is 16.1 Å². The summed E-state index contributed by atoms with van der Waals surface area (Å²) in [6.45, 7) is 6.56. The Hall–Kier alpha value is -2.05. The minimum atomic E-state index is -1.03. The predicted molar refractivity (Wildman–Crippen MR) is 62.0 cm³/mol. The highest BCUT2D eigenvalue weighted by atomic mass is 16.5. The second-order valence-electron chi connectivity index (χ2n) is 4.31. The number of nitrogens with zero attached hydrogens (tertiary/aromatic N) is 4. The summed E-state index contributed by atoms with van der Waals surface area (Å²) in [6.07, 6.45) is 2.24. The van der Waals surface area contributed by atoms with Crippen LogP contribution < -0.4 is 0 Å². The van der Waals surface area contributed by atoms with Crippen molar-refractivity contribution in [3.63, 3.8) is 0 Å². The molecule has 0 fully saturated rings. The largest absolute Gasteiger partial charge is 0.623 e. The third-order valence-electron chi connectivity index (χ3n) is 2.51. The van der Waals surface area contributed by atoms with Crippen LogP contribution in [-0.2, 0) is 0 Å². The van der Waals surface area contributed by atoms with Crippen molar-refractivity contribution in [3.05, 3.63) is 22.4 Å². The van der Waals surface area contributed by atoms with Crippen LogP contribution in [0, 0.1) is 19.1 Å². The number of hydrogen-bond donors (Lipinski definition) is 2. The molecule has 0 atom stereocenters. The first-order chi connectivity index (χ1) is 7.79. The Morgan fingerprint density at radius 3 is 2.47 bits per heavy atom. The number of rotatable bonds is 3. The summed E-state index contributed by atoms with van der Waals surface area (Å²) >= 11 is 0. The molecule has 0 aliphatic carbocycles. The smallest absolute Gasteiger partial charge is 0.233 e. The van der Waals surface area contributed by atoms with Crippen molar-refractivity contribution < 1.29 is 15.2 Å². The van der Waals surface area contributed by atoms with Gasteiger partial charge in [0.1, 0.15) is 6.21 Å². The highest BCUT2D eigenvalue weighted by Crippen LogP contribution is 2.08. The molecule has 94 valence electrons. The predicted octanol–water partition coefficient (Wildman–Crippen LogP) is 0.905. The maximum absolute atomic E-state index is 11.8. The molecule has 0 amide bonds. The number of aryl methyl sites for hydroxylation is 1. The van der Waals surface area contributed by atoms with Gasteiger partial charge >= 0.3 is 0 Å². The molecule has 0 saturated carbocycles. The molecule has 0 aliphatic heterocycles. The van der Waals surface area contributed by atoms with Crippen molar-refractivity contribution in [2.45, 2.75) is 33.2 Å². The molecule has 0 aliphatic rings. The fourth-order valence-electron chi connectivity index (χ4n) is 1.18. The van der Waals surface area contributed by atoms with Gasteiger partial charge in [-0.1, -0.05) is 5.16 Å². The van der Waals surface area contributed by atoms with Gasteiger partial charge in [0, 0.05) is 13.8 Å². The maximum Gasteiger partial charge on any atom is 0.233 e. The number of aromatic nitrogens is 2. The standard InChI is InChI=1S/C10H16N4O3/c1-7-8(2)14(17)9(12-7)5-13(16)10(3,4)6-11-15/h5-6,15,17H,1-4H3/b11-6+,13-5-. The second kappa shape index (κ2) is 4.44. The van der Waals surface area contributed by atoms with Crippen LogP contribution in [0.1, 0.15) is 31.1 Å². The highest BCUT2D eigenvalue weighted by Gasteiger charge is 2.25. The molecule has 7 nitrogen and oxygen atoms in total. The number of hydrogen-bond acceptors (Lipinski definition) is 5. The summed E-state index contributed by atoms with van der Waals surface area (Å²) in [5.74, 6) is 0.134. The Labute approximate surface area is 98.9 Å². The Morgan fingerprint density at radius 1 is 1.47 bits per heavy atom. The Kier molecular flexibility index (Phi) is 3.40. The van der Waals surface area contributed by atoms with E-state index in [1.807, 2.05) is 0 Å². The SMILES string of the molecule is Cc1nc(/C=[N+](\[O-])C(C)(C)/C=N/O)n(O)c1C. The van der Waals surface area contributed by atoms with Gasteiger partial charge in [0.05, 0.1) is 11.4 Å². The summed E-state index contributed by atoms with van der Waals surface area (Å²) in [5.41, 5.74) is 0.182. The van der Waals surface area contributed by atoms with Crippen LogP contribution in [0.25, 0.3) is 0 Å². The maximum atomic E-state index is 11.8. The average molecular weight is 240 g/mol. The zero-order valence-corrected chi connectivity index (χ0v) is 10.2. The summed E-state index contributed by atoms with van der Waals surface area (Å²) in [5, 5.41) is 32.7. The highest BCUT2D eigenvalue weighted by molar-refractivity contribution is 5.73. The number of hydroxylamine groups is 1. The molecule has 1 aromatic heterocycles. The molecule has 1 rings (SSSR count). The Balaban J connectivity index is 3.15. The lowest BCUT2D eigenvalue weighted by Gasteiger charge is -2.18. The Bertz CT molecular complexity index is 474. The van der Waals surface area contributed by atoms with Gasteiger partial charge in [-0.15, -0.1) is 0 Å². The number of imidazole rings is 1. The molecule has 0 saturated heterocycles. The van der Waals surface area contributed by atoms with Crippen molar-refractivity contribution in [1.29, 1.82) is 0 Å². The first-order valence-corrected chi connectivity index (χ1v) is 5.04. The second-order valence-corrected chi connectivity index (χ2v) is 4.31. The molecule has 0 spiro atoms. The van der Waals surface area contributed by atoms with Crippen molar-refractivity contribution >= 4 is 12.4 Å². The van der Waals surface area contributed by atoms with E-state index in [4.69, 9.17) is 5.21 Å². The lowest BCUT2D eigenvalue weighted by Crippen LogP contribution is -2.35.